The van der Waals surface area contributed by atoms with Crippen molar-refractivity contribution in [1.29, 1.82) is 0 Å². The highest BCUT2D eigenvalue weighted by atomic mass is 32.2. The second-order valence-corrected chi connectivity index (χ2v) is 4.54. The Morgan fingerprint density at radius 1 is 1.15 bits per heavy atom. The molecule has 0 saturated heterocycles. The lowest BCUT2D eigenvalue weighted by Gasteiger charge is -2.29. The highest BCUT2D eigenvalue weighted by molar-refractivity contribution is 7.94. The molecule has 2 aliphatic heterocycles. The quantitative estimate of drug-likeness (QED) is 0.629. The van der Waals surface area contributed by atoms with Gasteiger partial charge in [-0.05, 0) is 12.1 Å². The van der Waals surface area contributed by atoms with Crippen LogP contribution in [0.1, 0.15) is 10.4 Å². The minimum absolute atomic E-state index is 0.133. The summed E-state index contributed by atoms with van der Waals surface area (Å²) in [7, 11) is -3.39. The standard InChI is InChI=1S/C7H4N2O3S/c10-7-5-3(8-7)1-2-4-6(5)13(11,12)9-4/h1-2,9H,(H,8,10). The highest BCUT2D eigenvalue weighted by Crippen LogP contribution is 2.43. The molecule has 3 rings (SSSR count). The second-order valence-electron chi connectivity index (χ2n) is 2.92. The number of rotatable bonds is 0. The molecule has 1 aromatic carbocycles. The minimum atomic E-state index is -3.39. The van der Waals surface area contributed by atoms with Gasteiger partial charge in [0.05, 0.1) is 16.9 Å². The van der Waals surface area contributed by atoms with Crippen molar-refractivity contribution in [3.8, 4) is 0 Å². The zero-order valence-corrected chi connectivity index (χ0v) is 7.10. The van der Waals surface area contributed by atoms with E-state index in [2.05, 4.69) is 10.0 Å². The van der Waals surface area contributed by atoms with Gasteiger partial charge in [-0.15, -0.1) is 0 Å². The van der Waals surface area contributed by atoms with Crippen LogP contribution in [0.25, 0.3) is 0 Å². The molecular formula is C7H4N2O3S. The highest BCUT2D eigenvalue weighted by Gasteiger charge is 2.40. The van der Waals surface area contributed by atoms with E-state index in [-0.39, 0.29) is 16.4 Å². The number of benzene rings is 1. The fourth-order valence-corrected chi connectivity index (χ4v) is 2.83. The Bertz CT molecular complexity index is 547. The maximum Gasteiger partial charge on any atom is 0.264 e. The third kappa shape index (κ3) is 0.627. The molecule has 0 unspecified atom stereocenters. The zero-order chi connectivity index (χ0) is 9.22. The van der Waals surface area contributed by atoms with Gasteiger partial charge in [0.1, 0.15) is 4.90 Å². The second kappa shape index (κ2) is 1.69. The number of amides is 1. The summed E-state index contributed by atoms with van der Waals surface area (Å²) in [5, 5.41) is 2.49. The lowest BCUT2D eigenvalue weighted by atomic mass is 10.0. The lowest BCUT2D eigenvalue weighted by Crippen LogP contribution is -2.35. The van der Waals surface area contributed by atoms with E-state index in [4.69, 9.17) is 0 Å². The first kappa shape index (κ1) is 6.90. The van der Waals surface area contributed by atoms with Crippen LogP contribution in [-0.2, 0) is 10.0 Å². The fraction of sp³-hybridized carbons (Fsp3) is 0. The van der Waals surface area contributed by atoms with Gasteiger partial charge in [-0.25, -0.2) is 8.42 Å². The summed E-state index contributed by atoms with van der Waals surface area (Å²) < 4.78 is 24.6. The number of anilines is 2. The number of carbonyl (C=O) groups excluding carboxylic acids is 1. The van der Waals surface area contributed by atoms with Gasteiger partial charge >= 0.3 is 0 Å². The molecular weight excluding hydrogens is 192 g/mol. The number of hydrogen-bond donors (Lipinski definition) is 2. The van der Waals surface area contributed by atoms with Gasteiger partial charge in [0.2, 0.25) is 0 Å². The minimum Gasteiger partial charge on any atom is -0.321 e. The predicted molar refractivity (Wildman–Crippen MR) is 45.2 cm³/mol. The van der Waals surface area contributed by atoms with Crippen molar-refractivity contribution in [3.63, 3.8) is 0 Å². The van der Waals surface area contributed by atoms with E-state index in [0.29, 0.717) is 11.4 Å². The van der Waals surface area contributed by atoms with E-state index in [9.17, 15) is 13.2 Å². The van der Waals surface area contributed by atoms with E-state index in [1.807, 2.05) is 0 Å². The molecule has 0 saturated carbocycles. The van der Waals surface area contributed by atoms with E-state index < -0.39 is 10.0 Å². The normalized spacial score (nSPS) is 19.8. The number of nitrogens with one attached hydrogen (secondary N) is 2. The summed E-state index contributed by atoms with van der Waals surface area (Å²) in [5.41, 5.74) is 1.39. The van der Waals surface area contributed by atoms with E-state index >= 15 is 0 Å². The molecule has 0 bridgehead atoms. The summed E-state index contributed by atoms with van der Waals surface area (Å²) in [6.07, 6.45) is 0. The van der Waals surface area contributed by atoms with Crippen LogP contribution in [-0.4, -0.2) is 14.3 Å². The van der Waals surface area contributed by atoms with Gasteiger partial charge < -0.3 is 5.32 Å². The average Bonchev–Trinajstić information content (AvgIpc) is 2.04. The molecule has 2 heterocycles. The molecule has 5 nitrogen and oxygen atoms in total. The molecule has 0 radical (unpaired) electrons. The Labute approximate surface area is 73.8 Å². The maximum atomic E-state index is 11.2. The topological polar surface area (TPSA) is 75.3 Å². The van der Waals surface area contributed by atoms with Crippen LogP contribution in [0.15, 0.2) is 17.0 Å². The number of carbonyl (C=O) groups is 1. The molecule has 1 aromatic rings. The van der Waals surface area contributed by atoms with Crippen LogP contribution in [0.3, 0.4) is 0 Å². The number of sulfonamides is 1. The Hall–Kier alpha value is -1.56. The zero-order valence-electron chi connectivity index (χ0n) is 6.29. The van der Waals surface area contributed by atoms with Crippen LogP contribution in [0.5, 0.6) is 0 Å². The van der Waals surface area contributed by atoms with Crippen molar-refractivity contribution in [1.82, 2.24) is 0 Å². The average molecular weight is 196 g/mol. The van der Waals surface area contributed by atoms with E-state index in [1.165, 1.54) is 0 Å². The summed E-state index contributed by atoms with van der Waals surface area (Å²) in [6, 6.07) is 3.31. The van der Waals surface area contributed by atoms with Crippen molar-refractivity contribution in [2.24, 2.45) is 0 Å². The first-order chi connectivity index (χ1) is 6.09. The van der Waals surface area contributed by atoms with Crippen LogP contribution in [0.2, 0.25) is 0 Å². The third-order valence-electron chi connectivity index (χ3n) is 2.15. The molecule has 1 amide bonds. The SMILES string of the molecule is O=C1Nc2ccc3c(c21)S(=O)(=O)N3. The molecule has 13 heavy (non-hydrogen) atoms. The number of hydrogen-bond acceptors (Lipinski definition) is 3. The van der Waals surface area contributed by atoms with Gasteiger partial charge in [-0.1, -0.05) is 0 Å². The molecule has 0 fully saturated rings. The van der Waals surface area contributed by atoms with Crippen molar-refractivity contribution in [3.05, 3.63) is 17.7 Å². The molecule has 0 atom stereocenters. The Morgan fingerprint density at radius 3 is 2.38 bits per heavy atom. The number of fused-ring (bicyclic) bond motifs is 3. The van der Waals surface area contributed by atoms with Crippen LogP contribution >= 0.6 is 0 Å². The molecule has 0 aromatic heterocycles. The van der Waals surface area contributed by atoms with Gasteiger partial charge in [-0.3, -0.25) is 9.52 Å². The Kier molecular flexibility index (Phi) is 0.899. The van der Waals surface area contributed by atoms with E-state index in [0.717, 1.165) is 0 Å². The van der Waals surface area contributed by atoms with Crippen molar-refractivity contribution in [2.45, 2.75) is 4.90 Å². The first-order valence-corrected chi connectivity index (χ1v) is 5.09. The predicted octanol–water partition coefficient (Wildman–Crippen LogP) is 0.366. The lowest BCUT2D eigenvalue weighted by molar-refractivity contribution is 0.100. The molecule has 2 N–H and O–H groups in total. The molecule has 2 aliphatic rings. The summed E-state index contributed by atoms with van der Waals surface area (Å²) in [5.74, 6) is -0.322. The van der Waals surface area contributed by atoms with Crippen molar-refractivity contribution >= 4 is 27.3 Å². The third-order valence-corrected chi connectivity index (χ3v) is 3.60. The van der Waals surface area contributed by atoms with Crippen molar-refractivity contribution in [2.75, 3.05) is 10.0 Å². The molecule has 0 aliphatic carbocycles. The summed E-state index contributed by atoms with van der Waals surface area (Å²) in [6.45, 7) is 0. The van der Waals surface area contributed by atoms with Gasteiger partial charge in [0.25, 0.3) is 15.9 Å². The van der Waals surface area contributed by atoms with Gasteiger partial charge in [-0.2, -0.15) is 0 Å². The molecule has 6 heteroatoms. The summed E-state index contributed by atoms with van der Waals surface area (Å²) >= 11 is 0. The Morgan fingerprint density at radius 2 is 1.85 bits per heavy atom. The monoisotopic (exact) mass is 196 g/mol. The molecule has 66 valence electrons. The van der Waals surface area contributed by atoms with Crippen LogP contribution in [0, 0.1) is 0 Å². The van der Waals surface area contributed by atoms with Crippen molar-refractivity contribution < 1.29 is 13.2 Å². The van der Waals surface area contributed by atoms with Crippen LogP contribution < -0.4 is 10.0 Å². The fourth-order valence-electron chi connectivity index (χ4n) is 1.54. The van der Waals surface area contributed by atoms with E-state index in [1.54, 1.807) is 12.1 Å². The summed E-state index contributed by atoms with van der Waals surface area (Å²) in [4.78, 5) is 11.1. The largest absolute Gasteiger partial charge is 0.321 e. The molecule has 0 spiro atoms. The first-order valence-electron chi connectivity index (χ1n) is 3.61. The van der Waals surface area contributed by atoms with Gasteiger partial charge in [0.15, 0.2) is 0 Å². The Balaban J connectivity index is 2.43. The smallest absolute Gasteiger partial charge is 0.264 e. The van der Waals surface area contributed by atoms with Gasteiger partial charge in [0, 0.05) is 0 Å². The maximum absolute atomic E-state index is 11.2. The van der Waals surface area contributed by atoms with Crippen LogP contribution in [0.4, 0.5) is 11.4 Å².